The molecule has 10 heteroatoms. The van der Waals surface area contributed by atoms with Gasteiger partial charge in [-0.1, -0.05) is 25.6 Å². The molecule has 2 unspecified atom stereocenters. The lowest BCUT2D eigenvalue weighted by atomic mass is 9.86. The van der Waals surface area contributed by atoms with Crippen LogP contribution in [0.4, 0.5) is 13.6 Å². The number of amidine groups is 1. The van der Waals surface area contributed by atoms with Crippen molar-refractivity contribution in [1.82, 2.24) is 5.32 Å². The van der Waals surface area contributed by atoms with E-state index in [0.29, 0.717) is 5.56 Å². The summed E-state index contributed by atoms with van der Waals surface area (Å²) in [5.41, 5.74) is 1.61. The second-order valence-electron chi connectivity index (χ2n) is 9.10. The lowest BCUT2D eigenvalue weighted by molar-refractivity contribution is 0.198. The van der Waals surface area contributed by atoms with Gasteiger partial charge in [0.15, 0.2) is 0 Å². The van der Waals surface area contributed by atoms with Gasteiger partial charge in [0, 0.05) is 18.2 Å². The Morgan fingerprint density at radius 3 is 2.48 bits per heavy atom. The van der Waals surface area contributed by atoms with Gasteiger partial charge in [0.1, 0.15) is 36.2 Å². The molecule has 170 valence electrons. The van der Waals surface area contributed by atoms with Crippen LogP contribution in [0, 0.1) is 17.3 Å². The SMILES string of the molecule is CN=S1(=O)C[C@](c2cc(C#C[Si](C)(C)C)ccc2F)(C(C)F)N=C(NC(=O)O)C1(C)C. The maximum atomic E-state index is 15.2. The molecule has 0 saturated carbocycles. The van der Waals surface area contributed by atoms with E-state index in [9.17, 15) is 14.1 Å². The topological polar surface area (TPSA) is 91.1 Å². The van der Waals surface area contributed by atoms with Gasteiger partial charge in [0.05, 0.1) is 15.5 Å². The molecule has 1 amide bonds. The summed E-state index contributed by atoms with van der Waals surface area (Å²) >= 11 is 0. The average Bonchev–Trinajstić information content (AvgIpc) is 2.63. The van der Waals surface area contributed by atoms with Gasteiger partial charge in [-0.15, -0.1) is 5.54 Å². The van der Waals surface area contributed by atoms with E-state index in [1.165, 1.54) is 46.0 Å². The van der Waals surface area contributed by atoms with Crippen LogP contribution in [0.3, 0.4) is 0 Å². The Labute approximate surface area is 183 Å². The first-order valence-electron chi connectivity index (χ1n) is 9.78. The second-order valence-corrected chi connectivity index (χ2v) is 16.8. The fraction of sp³-hybridized carbons (Fsp3) is 0.524. The first-order valence-corrected chi connectivity index (χ1v) is 15.0. The van der Waals surface area contributed by atoms with E-state index in [1.807, 2.05) is 0 Å². The van der Waals surface area contributed by atoms with Crippen molar-refractivity contribution in [2.45, 2.75) is 56.9 Å². The fourth-order valence-electron chi connectivity index (χ4n) is 3.32. The third-order valence-electron chi connectivity index (χ3n) is 5.29. The normalized spacial score (nSPS) is 26.2. The summed E-state index contributed by atoms with van der Waals surface area (Å²) < 4.78 is 46.7. The molecule has 2 rings (SSSR count). The maximum absolute atomic E-state index is 15.2. The number of benzene rings is 1. The summed E-state index contributed by atoms with van der Waals surface area (Å²) in [6.07, 6.45) is -3.23. The molecule has 0 saturated heterocycles. The van der Waals surface area contributed by atoms with E-state index >= 15 is 8.78 Å². The molecule has 0 aromatic heterocycles. The molecular weight excluding hydrogens is 440 g/mol. The Morgan fingerprint density at radius 2 is 2.00 bits per heavy atom. The summed E-state index contributed by atoms with van der Waals surface area (Å²) in [4.78, 5) is 15.7. The van der Waals surface area contributed by atoms with Crippen molar-refractivity contribution in [3.8, 4) is 11.5 Å². The van der Waals surface area contributed by atoms with Gasteiger partial charge in [0.25, 0.3) is 0 Å². The highest BCUT2D eigenvalue weighted by Crippen LogP contribution is 2.43. The van der Waals surface area contributed by atoms with Crippen LogP contribution in [0.1, 0.15) is 31.9 Å². The van der Waals surface area contributed by atoms with Gasteiger partial charge < -0.3 is 5.11 Å². The van der Waals surface area contributed by atoms with Crippen LogP contribution in [0.2, 0.25) is 19.6 Å². The van der Waals surface area contributed by atoms with Crippen molar-refractivity contribution in [2.24, 2.45) is 9.36 Å². The molecule has 2 N–H and O–H groups in total. The molecule has 1 aliphatic rings. The van der Waals surface area contributed by atoms with Crippen LogP contribution >= 0.6 is 0 Å². The number of hydrogen-bond donors (Lipinski definition) is 2. The minimum absolute atomic E-state index is 0.124. The summed E-state index contributed by atoms with van der Waals surface area (Å²) in [6, 6.07) is 4.09. The predicted octanol–water partition coefficient (Wildman–Crippen LogP) is 4.16. The average molecular weight is 470 g/mol. The zero-order valence-corrected chi connectivity index (χ0v) is 20.7. The second kappa shape index (κ2) is 8.35. The van der Waals surface area contributed by atoms with E-state index in [1.54, 1.807) is 0 Å². The van der Waals surface area contributed by atoms with Crippen molar-refractivity contribution in [3.05, 3.63) is 35.1 Å². The zero-order chi connectivity index (χ0) is 23.8. The minimum Gasteiger partial charge on any atom is -0.465 e. The Morgan fingerprint density at radius 1 is 1.39 bits per heavy atom. The molecular formula is C21H29F2N3O3SSi. The molecule has 3 atom stereocenters. The third kappa shape index (κ3) is 4.82. The maximum Gasteiger partial charge on any atom is 0.410 e. The fourth-order valence-corrected chi connectivity index (χ4v) is 6.23. The van der Waals surface area contributed by atoms with Crippen LogP contribution < -0.4 is 5.32 Å². The largest absolute Gasteiger partial charge is 0.465 e. The lowest BCUT2D eigenvalue weighted by Gasteiger charge is -2.43. The number of nitrogens with zero attached hydrogens (tertiary/aromatic N) is 2. The van der Waals surface area contributed by atoms with Crippen molar-refractivity contribution in [2.75, 3.05) is 12.8 Å². The molecule has 0 radical (unpaired) electrons. The summed E-state index contributed by atoms with van der Waals surface area (Å²) in [7, 11) is -3.63. The molecule has 0 bridgehead atoms. The highest BCUT2D eigenvalue weighted by atomic mass is 32.2. The number of nitrogens with one attached hydrogen (secondary N) is 1. The van der Waals surface area contributed by atoms with Crippen molar-refractivity contribution >= 4 is 29.7 Å². The van der Waals surface area contributed by atoms with Gasteiger partial charge in [-0.25, -0.2) is 22.1 Å². The number of amides is 1. The Bertz CT molecular complexity index is 1110. The number of halogens is 2. The Balaban J connectivity index is 2.88. The lowest BCUT2D eigenvalue weighted by Crippen LogP contribution is -2.59. The molecule has 1 aromatic rings. The molecule has 1 aromatic carbocycles. The molecule has 0 fully saturated rings. The number of alkyl halides is 1. The summed E-state index contributed by atoms with van der Waals surface area (Å²) in [5.74, 6) is 1.66. The standard InChI is InChI=1S/C21H29F2N3O3SSi/c1-14(22)21(16-12-15(8-9-17(16)23)10-11-31(5,6)7)13-30(29,24-4)20(2,3)18(26-21)25-19(27)28/h8-9,12,14H,13H2,1-7H3,(H,25,26)(H,27,28)/t14?,21-,30?/m1/s1. The van der Waals surface area contributed by atoms with Crippen molar-refractivity contribution in [3.63, 3.8) is 0 Å². The van der Waals surface area contributed by atoms with Gasteiger partial charge in [-0.3, -0.25) is 10.3 Å². The van der Waals surface area contributed by atoms with Crippen LogP contribution in [0.15, 0.2) is 27.6 Å². The Kier molecular flexibility index (Phi) is 6.74. The Hall–Kier alpha value is -2.25. The predicted molar refractivity (Wildman–Crippen MR) is 123 cm³/mol. The van der Waals surface area contributed by atoms with E-state index in [4.69, 9.17) is 0 Å². The molecule has 0 aliphatic carbocycles. The van der Waals surface area contributed by atoms with Gasteiger partial charge in [-0.05, 0) is 39.0 Å². The van der Waals surface area contributed by atoms with Crippen LogP contribution in [0.5, 0.6) is 0 Å². The molecule has 1 aliphatic heterocycles. The highest BCUT2D eigenvalue weighted by Gasteiger charge is 2.54. The highest BCUT2D eigenvalue weighted by molar-refractivity contribution is 7.95. The van der Waals surface area contributed by atoms with Crippen LogP contribution in [-0.2, 0) is 15.3 Å². The number of aliphatic imine (C=N–C) groups is 1. The van der Waals surface area contributed by atoms with Crippen molar-refractivity contribution < 1.29 is 22.9 Å². The van der Waals surface area contributed by atoms with Crippen molar-refractivity contribution in [1.29, 1.82) is 0 Å². The first kappa shape index (κ1) is 25.0. The molecule has 1 heterocycles. The van der Waals surface area contributed by atoms with Gasteiger partial charge in [-0.2, -0.15) is 0 Å². The first-order chi connectivity index (χ1) is 14.1. The number of carboxylic acid groups (broad SMARTS) is 1. The number of hydrogen-bond acceptors (Lipinski definition) is 4. The van der Waals surface area contributed by atoms with Crippen LogP contribution in [-0.4, -0.2) is 53.0 Å². The monoisotopic (exact) mass is 469 g/mol. The van der Waals surface area contributed by atoms with Gasteiger partial charge >= 0.3 is 6.09 Å². The number of rotatable bonds is 2. The molecule has 31 heavy (non-hydrogen) atoms. The van der Waals surface area contributed by atoms with E-state index in [2.05, 4.69) is 45.8 Å². The van der Waals surface area contributed by atoms with E-state index in [0.717, 1.165) is 0 Å². The third-order valence-corrected chi connectivity index (χ3v) is 9.37. The van der Waals surface area contributed by atoms with Crippen LogP contribution in [0.25, 0.3) is 0 Å². The van der Waals surface area contributed by atoms with E-state index in [-0.39, 0.29) is 11.4 Å². The summed E-state index contributed by atoms with van der Waals surface area (Å²) in [6.45, 7) is 10.4. The number of carbonyl (C=O) groups is 1. The van der Waals surface area contributed by atoms with E-state index < -0.39 is 51.9 Å². The summed E-state index contributed by atoms with van der Waals surface area (Å²) in [5, 5.41) is 11.4. The molecule has 6 nitrogen and oxygen atoms in total. The molecule has 0 spiro atoms. The van der Waals surface area contributed by atoms with Gasteiger partial charge in [0.2, 0.25) is 0 Å². The minimum atomic E-state index is -3.23. The quantitative estimate of drug-likeness (QED) is 0.503. The zero-order valence-electron chi connectivity index (χ0n) is 18.8. The smallest absolute Gasteiger partial charge is 0.410 e.